The predicted octanol–water partition coefficient (Wildman–Crippen LogP) is 12.5. The molecule has 0 bridgehead atoms. The lowest BCUT2D eigenvalue weighted by Gasteiger charge is -2.24. The molecular formula is C45H85NO8P+. The van der Waals surface area contributed by atoms with Crippen molar-refractivity contribution in [1.82, 2.24) is 0 Å². The number of phosphoric ester groups is 1. The van der Waals surface area contributed by atoms with Gasteiger partial charge in [0.1, 0.15) is 19.8 Å². The molecule has 0 aliphatic heterocycles. The van der Waals surface area contributed by atoms with Crippen LogP contribution >= 0.6 is 7.82 Å². The summed E-state index contributed by atoms with van der Waals surface area (Å²) in [4.78, 5) is 35.3. The highest BCUT2D eigenvalue weighted by molar-refractivity contribution is 7.47. The fraction of sp³-hybridized carbons (Fsp3) is 0.822. The summed E-state index contributed by atoms with van der Waals surface area (Å²) in [7, 11) is 1.46. The zero-order valence-electron chi connectivity index (χ0n) is 36.2. The van der Waals surface area contributed by atoms with Crippen LogP contribution in [0.1, 0.15) is 187 Å². The first-order chi connectivity index (χ1) is 26.5. The van der Waals surface area contributed by atoms with Crippen LogP contribution in [0.3, 0.4) is 0 Å². The third kappa shape index (κ3) is 41.7. The van der Waals surface area contributed by atoms with E-state index in [4.69, 9.17) is 18.5 Å². The van der Waals surface area contributed by atoms with Gasteiger partial charge < -0.3 is 18.9 Å². The summed E-state index contributed by atoms with van der Waals surface area (Å²) >= 11 is 0. The molecule has 0 radical (unpaired) electrons. The second kappa shape index (κ2) is 37.8. The molecule has 10 heteroatoms. The van der Waals surface area contributed by atoms with E-state index in [-0.39, 0.29) is 32.0 Å². The van der Waals surface area contributed by atoms with Gasteiger partial charge in [-0.1, -0.05) is 140 Å². The number of likely N-dealkylation sites (N-methyl/N-ethyl adjacent to an activating group) is 1. The van der Waals surface area contributed by atoms with Gasteiger partial charge in [-0.05, 0) is 70.6 Å². The molecule has 0 amide bonds. The van der Waals surface area contributed by atoms with Gasteiger partial charge in [0.2, 0.25) is 0 Å². The summed E-state index contributed by atoms with van der Waals surface area (Å²) in [6.45, 7) is 4.37. The molecule has 0 saturated carbocycles. The third-order valence-electron chi connectivity index (χ3n) is 9.39. The zero-order chi connectivity index (χ0) is 40.7. The fourth-order valence-electron chi connectivity index (χ4n) is 5.86. The molecule has 0 aliphatic carbocycles. The highest BCUT2D eigenvalue weighted by Crippen LogP contribution is 2.43. The molecule has 1 N–H and O–H groups in total. The van der Waals surface area contributed by atoms with Crippen molar-refractivity contribution >= 4 is 19.8 Å². The summed E-state index contributed by atoms with van der Waals surface area (Å²) in [5.74, 6) is -0.823. The number of carbonyl (C=O) groups is 2. The first kappa shape index (κ1) is 53.2. The van der Waals surface area contributed by atoms with E-state index in [1.165, 1.54) is 77.0 Å². The monoisotopic (exact) mass is 799 g/mol. The van der Waals surface area contributed by atoms with Crippen LogP contribution < -0.4 is 0 Å². The molecule has 55 heavy (non-hydrogen) atoms. The molecule has 0 saturated heterocycles. The summed E-state index contributed by atoms with van der Waals surface area (Å²) in [6.07, 6.45) is 41.8. The van der Waals surface area contributed by atoms with E-state index >= 15 is 0 Å². The van der Waals surface area contributed by atoms with E-state index in [1.807, 2.05) is 21.1 Å². The van der Waals surface area contributed by atoms with Crippen LogP contribution in [0.15, 0.2) is 36.5 Å². The molecule has 0 rings (SSSR count). The molecule has 0 heterocycles. The first-order valence-electron chi connectivity index (χ1n) is 22.2. The number of rotatable bonds is 40. The van der Waals surface area contributed by atoms with Gasteiger partial charge in [-0.15, -0.1) is 0 Å². The maximum absolute atomic E-state index is 12.7. The van der Waals surface area contributed by atoms with Gasteiger partial charge in [-0.25, -0.2) is 4.57 Å². The number of unbranched alkanes of at least 4 members (excludes halogenated alkanes) is 20. The predicted molar refractivity (Wildman–Crippen MR) is 229 cm³/mol. The quantitative estimate of drug-likeness (QED) is 0.0215. The molecule has 0 fully saturated rings. The van der Waals surface area contributed by atoms with Crippen LogP contribution in [0.25, 0.3) is 0 Å². The van der Waals surface area contributed by atoms with Crippen LogP contribution in [0.4, 0.5) is 0 Å². The SMILES string of the molecule is CCCCCC/C=C\C/C=C\CCCCCCCC(=O)OC(COC(=O)CCCCCCC/C=C\CCCCCCCC)COP(=O)(O)OCC[N+](C)(C)C. The molecule has 2 unspecified atom stereocenters. The minimum atomic E-state index is -4.38. The second-order valence-corrected chi connectivity index (χ2v) is 17.5. The van der Waals surface area contributed by atoms with Crippen molar-refractivity contribution in [2.45, 2.75) is 193 Å². The van der Waals surface area contributed by atoms with Gasteiger partial charge in [-0.3, -0.25) is 18.6 Å². The molecule has 0 aromatic carbocycles. The summed E-state index contributed by atoms with van der Waals surface area (Å²) < 4.78 is 34.3. The standard InChI is InChI=1S/C45H84NO8P/c1-6-8-10-12-14-16-18-20-22-24-26-28-30-32-34-36-38-45(48)54-43(42-53-55(49,50)52-40-39-46(3,4)5)41-51-44(47)37-35-33-31-29-27-25-23-21-19-17-15-13-11-9-7-2/h16,18,21-24,43H,6-15,17,19-20,25-42H2,1-5H3/p+1/b18-16-,23-21-,24-22-. The maximum Gasteiger partial charge on any atom is 0.472 e. The topological polar surface area (TPSA) is 108 Å². The van der Waals surface area contributed by atoms with Crippen LogP contribution in [-0.2, 0) is 32.7 Å². The normalized spacial score (nSPS) is 13.9. The number of nitrogens with zero attached hydrogens (tertiary/aromatic N) is 1. The van der Waals surface area contributed by atoms with E-state index in [2.05, 4.69) is 50.3 Å². The van der Waals surface area contributed by atoms with Crippen molar-refractivity contribution in [2.24, 2.45) is 0 Å². The number of allylic oxidation sites excluding steroid dienone is 6. The number of quaternary nitrogens is 1. The van der Waals surface area contributed by atoms with Gasteiger partial charge in [-0.2, -0.15) is 0 Å². The summed E-state index contributed by atoms with van der Waals surface area (Å²) in [5.41, 5.74) is 0. The Morgan fingerprint density at radius 1 is 0.564 bits per heavy atom. The molecule has 0 aliphatic rings. The molecule has 0 aromatic heterocycles. The Bertz CT molecular complexity index is 1040. The maximum atomic E-state index is 12.7. The van der Waals surface area contributed by atoms with Crippen molar-refractivity contribution in [1.29, 1.82) is 0 Å². The highest BCUT2D eigenvalue weighted by Gasteiger charge is 2.27. The smallest absolute Gasteiger partial charge is 0.462 e. The number of phosphoric acid groups is 1. The van der Waals surface area contributed by atoms with Crippen LogP contribution in [0, 0.1) is 0 Å². The fourth-order valence-corrected chi connectivity index (χ4v) is 6.60. The number of ether oxygens (including phenoxy) is 2. The average molecular weight is 799 g/mol. The van der Waals surface area contributed by atoms with Gasteiger partial charge >= 0.3 is 19.8 Å². The lowest BCUT2D eigenvalue weighted by Crippen LogP contribution is -2.37. The van der Waals surface area contributed by atoms with Crippen LogP contribution in [0.5, 0.6) is 0 Å². The molecule has 0 aromatic rings. The number of esters is 2. The minimum absolute atomic E-state index is 0.0273. The Morgan fingerprint density at radius 3 is 1.47 bits per heavy atom. The van der Waals surface area contributed by atoms with E-state index < -0.39 is 26.5 Å². The van der Waals surface area contributed by atoms with E-state index in [9.17, 15) is 19.0 Å². The third-order valence-corrected chi connectivity index (χ3v) is 10.4. The van der Waals surface area contributed by atoms with Crippen molar-refractivity contribution in [3.8, 4) is 0 Å². The van der Waals surface area contributed by atoms with Crippen LogP contribution in [0.2, 0.25) is 0 Å². The summed E-state index contributed by atoms with van der Waals surface area (Å²) in [5, 5.41) is 0. The largest absolute Gasteiger partial charge is 0.472 e. The van der Waals surface area contributed by atoms with Gasteiger partial charge in [0.05, 0.1) is 27.7 Å². The second-order valence-electron chi connectivity index (χ2n) is 16.1. The lowest BCUT2D eigenvalue weighted by molar-refractivity contribution is -0.870. The summed E-state index contributed by atoms with van der Waals surface area (Å²) in [6, 6.07) is 0. The van der Waals surface area contributed by atoms with Gasteiger partial charge in [0, 0.05) is 12.8 Å². The molecule has 322 valence electrons. The van der Waals surface area contributed by atoms with Crippen molar-refractivity contribution in [3.63, 3.8) is 0 Å². The molecule has 2 atom stereocenters. The van der Waals surface area contributed by atoms with E-state index in [0.29, 0.717) is 17.4 Å². The highest BCUT2D eigenvalue weighted by atomic mass is 31.2. The number of hydrogen-bond acceptors (Lipinski definition) is 7. The van der Waals surface area contributed by atoms with Gasteiger partial charge in [0.25, 0.3) is 0 Å². The van der Waals surface area contributed by atoms with E-state index in [1.54, 1.807) is 0 Å². The van der Waals surface area contributed by atoms with E-state index in [0.717, 1.165) is 77.0 Å². The zero-order valence-corrected chi connectivity index (χ0v) is 37.1. The number of hydrogen-bond donors (Lipinski definition) is 1. The first-order valence-corrected chi connectivity index (χ1v) is 23.7. The van der Waals surface area contributed by atoms with Crippen molar-refractivity contribution < 1.29 is 42.1 Å². The number of carbonyl (C=O) groups excluding carboxylic acids is 2. The Kier molecular flexibility index (Phi) is 36.6. The lowest BCUT2D eigenvalue weighted by atomic mass is 10.1. The minimum Gasteiger partial charge on any atom is -0.462 e. The molecule has 0 spiro atoms. The van der Waals surface area contributed by atoms with Crippen LogP contribution in [-0.4, -0.2) is 74.9 Å². The Hall–Kier alpha value is -1.77. The Morgan fingerprint density at radius 2 is 0.982 bits per heavy atom. The van der Waals surface area contributed by atoms with Gasteiger partial charge in [0.15, 0.2) is 6.10 Å². The average Bonchev–Trinajstić information content (AvgIpc) is 3.13. The Labute approximate surface area is 338 Å². The Balaban J connectivity index is 4.40. The van der Waals surface area contributed by atoms with Crippen molar-refractivity contribution in [2.75, 3.05) is 47.5 Å². The molecule has 9 nitrogen and oxygen atoms in total. The van der Waals surface area contributed by atoms with Crippen molar-refractivity contribution in [3.05, 3.63) is 36.5 Å². The molecular weight excluding hydrogens is 713 g/mol.